The Hall–Kier alpha value is -4.05. The maximum Gasteiger partial charge on any atom is 0.408 e. The Morgan fingerprint density at radius 2 is 1.83 bits per heavy atom. The number of aromatic nitrogens is 2. The molecule has 318 valence electrons. The number of nitrogens with one attached hydrogen (secondary N) is 1. The number of esters is 1. The summed E-state index contributed by atoms with van der Waals surface area (Å²) in [5.74, 6) is 0.0632. The van der Waals surface area contributed by atoms with Crippen LogP contribution in [0.25, 0.3) is 10.7 Å². The van der Waals surface area contributed by atoms with Crippen molar-refractivity contribution in [2.24, 2.45) is 17.8 Å². The number of halogens is 1. The molecule has 5 rings (SSSR count). The molecule has 3 fully saturated rings. The SMILES string of the molecule is CC[C@H]1OC(=O)[C@H](C)C(=O)[C@H](C)[C@@H](O[C@@H]2O[C@H](C)C[C@H](N(C)C)[C@H]2O)[C@](C)(OCC#Cc2cnc(-c3cccc(N)n3)s2)C[C@](C)(F)C(=O)[C@H](C)[C@@H]2NC(=O)O[C@]12C. The van der Waals surface area contributed by atoms with E-state index in [4.69, 9.17) is 29.4 Å². The second kappa shape index (κ2) is 17.7. The molecule has 3 saturated heterocycles. The number of Topliss-reactive ketones (excluding diaryl/α,β-unsaturated/α-hetero) is 2. The number of likely N-dealkylation sites (N-methyl/N-ethyl adjacent to an activating group) is 1. The van der Waals surface area contributed by atoms with E-state index in [0.29, 0.717) is 27.8 Å². The number of nitrogens with two attached hydrogens (primary N) is 1. The van der Waals surface area contributed by atoms with Crippen LogP contribution in [0.1, 0.15) is 79.5 Å². The lowest BCUT2D eigenvalue weighted by atomic mass is 9.72. The largest absolute Gasteiger partial charge is 0.458 e. The third-order valence-electron chi connectivity index (χ3n) is 11.6. The molecule has 0 spiro atoms. The molecular formula is C41H56FN5O10S. The number of cyclic esters (lactones) is 1. The fourth-order valence-corrected chi connectivity index (χ4v) is 9.26. The maximum absolute atomic E-state index is 17.5. The molecule has 17 heteroatoms. The van der Waals surface area contributed by atoms with Crippen LogP contribution in [0.2, 0.25) is 0 Å². The van der Waals surface area contributed by atoms with Crippen LogP contribution in [0.5, 0.6) is 0 Å². The first-order chi connectivity index (χ1) is 27.1. The summed E-state index contributed by atoms with van der Waals surface area (Å²) in [5, 5.41) is 14.8. The number of carbonyl (C=O) groups excluding carboxylic acids is 4. The molecule has 4 N–H and O–H groups in total. The van der Waals surface area contributed by atoms with Crippen LogP contribution in [0.15, 0.2) is 24.4 Å². The van der Waals surface area contributed by atoms with Gasteiger partial charge in [-0.3, -0.25) is 14.4 Å². The van der Waals surface area contributed by atoms with Gasteiger partial charge in [0.2, 0.25) is 0 Å². The number of aliphatic hydroxyl groups is 1. The van der Waals surface area contributed by atoms with Gasteiger partial charge in [0.05, 0.1) is 34.9 Å². The van der Waals surface area contributed by atoms with Gasteiger partial charge in [0.15, 0.2) is 29.1 Å². The number of thiazole rings is 1. The highest BCUT2D eigenvalue weighted by atomic mass is 32.1. The smallest absolute Gasteiger partial charge is 0.408 e. The molecule has 2 aromatic heterocycles. The molecular weight excluding hydrogens is 774 g/mol. The van der Waals surface area contributed by atoms with E-state index >= 15 is 4.39 Å². The van der Waals surface area contributed by atoms with Crippen molar-refractivity contribution >= 4 is 40.8 Å². The van der Waals surface area contributed by atoms with E-state index in [9.17, 15) is 24.3 Å². The Labute approximate surface area is 342 Å². The van der Waals surface area contributed by atoms with E-state index in [1.54, 1.807) is 45.4 Å². The third kappa shape index (κ3) is 9.37. The van der Waals surface area contributed by atoms with E-state index in [2.05, 4.69) is 27.1 Å². The molecule has 0 unspecified atom stereocenters. The molecule has 58 heavy (non-hydrogen) atoms. The molecule has 5 heterocycles. The van der Waals surface area contributed by atoms with Gasteiger partial charge in [-0.05, 0) is 73.7 Å². The summed E-state index contributed by atoms with van der Waals surface area (Å²) in [6, 6.07) is 3.68. The Bertz CT molecular complexity index is 1920. The van der Waals surface area contributed by atoms with Gasteiger partial charge in [0, 0.05) is 24.3 Å². The van der Waals surface area contributed by atoms with Gasteiger partial charge in [0.1, 0.15) is 41.3 Å². The average molecular weight is 830 g/mol. The summed E-state index contributed by atoms with van der Waals surface area (Å²) in [7, 11) is 3.61. The molecule has 15 nitrogen and oxygen atoms in total. The highest BCUT2D eigenvalue weighted by Gasteiger charge is 2.59. The van der Waals surface area contributed by atoms with Crippen LogP contribution in [0.4, 0.5) is 15.0 Å². The first kappa shape index (κ1) is 45.0. The van der Waals surface area contributed by atoms with Crippen LogP contribution < -0.4 is 11.1 Å². The number of ether oxygens (including phenoxy) is 5. The second-order valence-electron chi connectivity index (χ2n) is 16.5. The average Bonchev–Trinajstić information content (AvgIpc) is 3.77. The number of nitrogen functional groups attached to an aromatic ring is 1. The van der Waals surface area contributed by atoms with Gasteiger partial charge < -0.3 is 44.7 Å². The molecule has 0 aromatic carbocycles. The summed E-state index contributed by atoms with van der Waals surface area (Å²) in [6.45, 7) is 11.7. The van der Waals surface area contributed by atoms with E-state index in [-0.39, 0.29) is 19.1 Å². The highest BCUT2D eigenvalue weighted by molar-refractivity contribution is 7.15. The topological polar surface area (TPSA) is 202 Å². The van der Waals surface area contributed by atoms with E-state index in [1.165, 1.54) is 46.0 Å². The number of aliphatic hydroxyl groups excluding tert-OH is 1. The summed E-state index contributed by atoms with van der Waals surface area (Å²) in [6.07, 6.45) is -4.77. The molecule has 0 bridgehead atoms. The number of nitrogens with zero attached hydrogens (tertiary/aromatic N) is 3. The van der Waals surface area contributed by atoms with Crippen molar-refractivity contribution in [3.63, 3.8) is 0 Å². The Morgan fingerprint density at radius 1 is 1.12 bits per heavy atom. The fraction of sp³-hybridized carbons (Fsp3) is 0.659. The van der Waals surface area contributed by atoms with Gasteiger partial charge >= 0.3 is 12.1 Å². The first-order valence-corrected chi connectivity index (χ1v) is 20.4. The van der Waals surface area contributed by atoms with Gasteiger partial charge in [0.25, 0.3) is 0 Å². The van der Waals surface area contributed by atoms with Crippen LogP contribution in [0.3, 0.4) is 0 Å². The number of amides is 1. The van der Waals surface area contributed by atoms with Crippen molar-refractivity contribution in [3.8, 4) is 22.5 Å². The first-order valence-electron chi connectivity index (χ1n) is 19.6. The Kier molecular flexibility index (Phi) is 13.7. The number of hydrogen-bond donors (Lipinski definition) is 3. The minimum absolute atomic E-state index is 0.152. The number of pyridine rings is 1. The molecule has 0 saturated carbocycles. The van der Waals surface area contributed by atoms with Crippen molar-refractivity contribution in [3.05, 3.63) is 29.3 Å². The summed E-state index contributed by atoms with van der Waals surface area (Å²) in [5.41, 5.74) is 0.324. The zero-order chi connectivity index (χ0) is 42.9. The van der Waals surface area contributed by atoms with Crippen LogP contribution >= 0.6 is 11.3 Å². The van der Waals surface area contributed by atoms with Gasteiger partial charge in [-0.1, -0.05) is 38.7 Å². The summed E-state index contributed by atoms with van der Waals surface area (Å²) >= 11 is 1.27. The fourth-order valence-electron chi connectivity index (χ4n) is 8.50. The molecule has 3 aliphatic rings. The monoisotopic (exact) mass is 829 g/mol. The van der Waals surface area contributed by atoms with Crippen molar-refractivity contribution in [1.29, 1.82) is 0 Å². The molecule has 0 radical (unpaired) electrons. The number of alkyl halides is 1. The van der Waals surface area contributed by atoms with E-state index in [1.807, 2.05) is 11.8 Å². The maximum atomic E-state index is 17.5. The van der Waals surface area contributed by atoms with Crippen LogP contribution in [-0.4, -0.2) is 124 Å². The second-order valence-corrected chi connectivity index (χ2v) is 17.5. The summed E-state index contributed by atoms with van der Waals surface area (Å²) in [4.78, 5) is 66.4. The lowest BCUT2D eigenvalue weighted by Gasteiger charge is -2.47. The van der Waals surface area contributed by atoms with E-state index in [0.717, 1.165) is 6.92 Å². The lowest BCUT2D eigenvalue weighted by Crippen LogP contribution is -2.62. The third-order valence-corrected chi connectivity index (χ3v) is 12.5. The zero-order valence-corrected chi connectivity index (χ0v) is 35.6. The predicted molar refractivity (Wildman–Crippen MR) is 212 cm³/mol. The summed E-state index contributed by atoms with van der Waals surface area (Å²) < 4.78 is 48.2. The quantitative estimate of drug-likeness (QED) is 0.205. The van der Waals surface area contributed by atoms with Crippen molar-refractivity contribution in [1.82, 2.24) is 20.2 Å². The normalized spacial score (nSPS) is 37.5. The van der Waals surface area contributed by atoms with Crippen LogP contribution in [0, 0.1) is 29.6 Å². The number of fused-ring (bicyclic) bond motifs is 1. The number of hydrogen-bond acceptors (Lipinski definition) is 15. The Morgan fingerprint density at radius 3 is 2.48 bits per heavy atom. The van der Waals surface area contributed by atoms with Crippen molar-refractivity contribution in [2.45, 2.75) is 134 Å². The van der Waals surface area contributed by atoms with Crippen molar-refractivity contribution in [2.75, 3.05) is 26.4 Å². The number of carbonyl (C=O) groups is 4. The zero-order valence-electron chi connectivity index (χ0n) is 34.7. The van der Waals surface area contributed by atoms with Crippen LogP contribution in [-0.2, 0) is 38.1 Å². The van der Waals surface area contributed by atoms with Gasteiger partial charge in [-0.2, -0.15) is 0 Å². The number of rotatable bonds is 7. The van der Waals surface area contributed by atoms with Gasteiger partial charge in [-0.25, -0.2) is 19.2 Å². The molecule has 2 aromatic rings. The van der Waals surface area contributed by atoms with Crippen molar-refractivity contribution < 1.29 is 52.4 Å². The minimum Gasteiger partial charge on any atom is -0.458 e. The Balaban J connectivity index is 1.58. The molecule has 3 aliphatic heterocycles. The lowest BCUT2D eigenvalue weighted by molar-refractivity contribution is -0.297. The predicted octanol–water partition coefficient (Wildman–Crippen LogP) is 4.09. The number of alkyl carbamates (subject to hydrolysis) is 1. The highest BCUT2D eigenvalue weighted by Crippen LogP contribution is 2.42. The van der Waals surface area contributed by atoms with E-state index < -0.39 is 101 Å². The molecule has 0 aliphatic carbocycles. The number of anilines is 1. The standard InChI is InChI=1S/C41H56FN5O10S/c1-11-28-41(8)32(46-38(52)57-41)24(5)33(50)39(6,42)20-40(7,53-17-13-14-25-19-44-35(58-25)26-15-12-16-29(43)45-26)34(22(3)30(48)23(4)36(51)55-28)56-37-31(49)27(47(9)10)18-21(2)54-37/h12,15-16,19,21-24,27-28,31-32,34,37,49H,11,17-18,20H2,1-10H3,(H2,43,45)(H,46,52)/t21-,22+,23-,24-,27+,28-,31-,32+,34-,37+,39+,40-,41-/m1/s1. The minimum atomic E-state index is -2.67. The molecule has 1 amide bonds. The van der Waals surface area contributed by atoms with Gasteiger partial charge in [-0.15, -0.1) is 11.3 Å². The number of ketones is 2. The molecule has 13 atom stereocenters.